The summed E-state index contributed by atoms with van der Waals surface area (Å²) in [6.45, 7) is 2.45. The van der Waals surface area contributed by atoms with E-state index in [1.807, 2.05) is 24.4 Å². The zero-order valence-electron chi connectivity index (χ0n) is 14.7. The fourth-order valence-corrected chi connectivity index (χ4v) is 3.65. The van der Waals surface area contributed by atoms with Crippen molar-refractivity contribution < 1.29 is 13.9 Å². The summed E-state index contributed by atoms with van der Waals surface area (Å²) in [5.41, 5.74) is 5.37. The molecule has 1 N–H and O–H groups in total. The van der Waals surface area contributed by atoms with E-state index >= 15 is 0 Å². The molecule has 0 radical (unpaired) electrons. The first-order valence-electron chi connectivity index (χ1n) is 8.11. The van der Waals surface area contributed by atoms with E-state index in [2.05, 4.69) is 31.4 Å². The molecule has 0 aliphatic heterocycles. The van der Waals surface area contributed by atoms with E-state index in [9.17, 15) is 4.39 Å². The zero-order valence-corrected chi connectivity index (χ0v) is 17.1. The molecule has 0 atom stereocenters. The van der Waals surface area contributed by atoms with Crippen molar-refractivity contribution in [2.75, 3.05) is 19.1 Å². The van der Waals surface area contributed by atoms with Crippen molar-refractivity contribution in [1.29, 1.82) is 0 Å². The highest BCUT2D eigenvalue weighted by atomic mass is 79.9. The van der Waals surface area contributed by atoms with Crippen LogP contribution in [0.15, 0.2) is 51.4 Å². The van der Waals surface area contributed by atoms with Crippen LogP contribution in [-0.2, 0) is 0 Å². The van der Waals surface area contributed by atoms with Gasteiger partial charge in [-0.1, -0.05) is 0 Å². The molecule has 3 rings (SSSR count). The van der Waals surface area contributed by atoms with Crippen LogP contribution >= 0.6 is 27.3 Å². The molecule has 0 amide bonds. The Balaban J connectivity index is 1.71. The minimum absolute atomic E-state index is 0.269. The summed E-state index contributed by atoms with van der Waals surface area (Å²) in [5, 5.41) is 6.76. The largest absolute Gasteiger partial charge is 0.492 e. The molecule has 1 aromatic heterocycles. The maximum absolute atomic E-state index is 13.0. The van der Waals surface area contributed by atoms with Crippen molar-refractivity contribution in [3.63, 3.8) is 0 Å². The van der Waals surface area contributed by atoms with Gasteiger partial charge in [-0.3, -0.25) is 5.43 Å². The molecular formula is C19H17BrFN3O2S. The Kier molecular flexibility index (Phi) is 6.41. The first kappa shape index (κ1) is 19.3. The SMILES string of the molecule is CCOc1cc(/C=N\Nc2nc(-c3ccc(F)cc3)cs2)cc(Br)c1OC. The van der Waals surface area contributed by atoms with Gasteiger partial charge in [0.2, 0.25) is 5.13 Å². The van der Waals surface area contributed by atoms with Gasteiger partial charge in [0.15, 0.2) is 11.5 Å². The number of hydrogen-bond donors (Lipinski definition) is 1. The van der Waals surface area contributed by atoms with Crippen molar-refractivity contribution in [3.05, 3.63) is 57.6 Å². The first-order valence-corrected chi connectivity index (χ1v) is 9.79. The molecular weight excluding hydrogens is 433 g/mol. The van der Waals surface area contributed by atoms with Crippen LogP contribution in [0.25, 0.3) is 11.3 Å². The Hall–Kier alpha value is -2.45. The number of aromatic nitrogens is 1. The topological polar surface area (TPSA) is 55.7 Å². The molecule has 0 saturated carbocycles. The van der Waals surface area contributed by atoms with Gasteiger partial charge in [-0.05, 0) is 64.8 Å². The number of nitrogens with one attached hydrogen (secondary N) is 1. The third kappa shape index (κ3) is 4.84. The lowest BCUT2D eigenvalue weighted by atomic mass is 10.2. The molecule has 0 aliphatic rings. The van der Waals surface area contributed by atoms with Crippen LogP contribution in [0.1, 0.15) is 12.5 Å². The highest BCUT2D eigenvalue weighted by Crippen LogP contribution is 2.36. The van der Waals surface area contributed by atoms with Crippen LogP contribution in [0.4, 0.5) is 9.52 Å². The fraction of sp³-hybridized carbons (Fsp3) is 0.158. The number of hydrogen-bond acceptors (Lipinski definition) is 6. The first-order chi connectivity index (χ1) is 13.1. The molecule has 5 nitrogen and oxygen atoms in total. The van der Waals surface area contributed by atoms with Gasteiger partial charge in [0.25, 0.3) is 0 Å². The second-order valence-electron chi connectivity index (χ2n) is 5.38. The van der Waals surface area contributed by atoms with Gasteiger partial charge in [0.1, 0.15) is 5.82 Å². The van der Waals surface area contributed by atoms with Crippen molar-refractivity contribution in [3.8, 4) is 22.8 Å². The van der Waals surface area contributed by atoms with Gasteiger partial charge < -0.3 is 9.47 Å². The normalized spacial score (nSPS) is 11.0. The lowest BCUT2D eigenvalue weighted by Crippen LogP contribution is -1.98. The number of anilines is 1. The molecule has 0 unspecified atom stereocenters. The van der Waals surface area contributed by atoms with Crippen LogP contribution in [0.3, 0.4) is 0 Å². The molecule has 0 saturated heterocycles. The van der Waals surface area contributed by atoms with Gasteiger partial charge in [-0.2, -0.15) is 5.10 Å². The van der Waals surface area contributed by atoms with Crippen LogP contribution in [0, 0.1) is 5.82 Å². The maximum Gasteiger partial charge on any atom is 0.203 e. The van der Waals surface area contributed by atoms with Gasteiger partial charge in [0, 0.05) is 10.9 Å². The van der Waals surface area contributed by atoms with E-state index < -0.39 is 0 Å². The number of benzene rings is 2. The zero-order chi connectivity index (χ0) is 19.2. The van der Waals surface area contributed by atoms with Gasteiger partial charge in [-0.25, -0.2) is 9.37 Å². The van der Waals surface area contributed by atoms with Crippen molar-refractivity contribution >= 4 is 38.6 Å². The number of methoxy groups -OCH3 is 1. The lowest BCUT2D eigenvalue weighted by molar-refractivity contribution is 0.310. The lowest BCUT2D eigenvalue weighted by Gasteiger charge is -2.11. The Morgan fingerprint density at radius 2 is 2.07 bits per heavy atom. The molecule has 8 heteroatoms. The van der Waals surface area contributed by atoms with Crippen molar-refractivity contribution in [1.82, 2.24) is 4.98 Å². The van der Waals surface area contributed by atoms with Crippen LogP contribution < -0.4 is 14.9 Å². The predicted molar refractivity (Wildman–Crippen MR) is 111 cm³/mol. The van der Waals surface area contributed by atoms with E-state index in [0.29, 0.717) is 23.2 Å². The van der Waals surface area contributed by atoms with Gasteiger partial charge >= 0.3 is 0 Å². The maximum atomic E-state index is 13.0. The molecule has 140 valence electrons. The van der Waals surface area contributed by atoms with E-state index in [0.717, 1.165) is 21.3 Å². The molecule has 1 heterocycles. The molecule has 2 aromatic carbocycles. The quantitative estimate of drug-likeness (QED) is 0.378. The van der Waals surface area contributed by atoms with Crippen molar-refractivity contribution in [2.45, 2.75) is 6.92 Å². The van der Waals surface area contributed by atoms with E-state index in [-0.39, 0.29) is 5.82 Å². The third-order valence-electron chi connectivity index (χ3n) is 3.55. The Morgan fingerprint density at radius 3 is 2.78 bits per heavy atom. The highest BCUT2D eigenvalue weighted by molar-refractivity contribution is 9.10. The number of rotatable bonds is 7. The average Bonchev–Trinajstić information content (AvgIpc) is 3.11. The van der Waals surface area contributed by atoms with Crippen LogP contribution in [0.2, 0.25) is 0 Å². The molecule has 0 aliphatic carbocycles. The number of thiazole rings is 1. The Labute approximate surface area is 169 Å². The molecule has 27 heavy (non-hydrogen) atoms. The van der Waals surface area contributed by atoms with E-state index in [1.165, 1.54) is 23.5 Å². The molecule has 0 fully saturated rings. The van der Waals surface area contributed by atoms with Crippen LogP contribution in [-0.4, -0.2) is 24.9 Å². The standard InChI is InChI=1S/C19H17BrFN3O2S/c1-3-26-17-9-12(8-15(20)18(17)25-2)10-22-24-19-23-16(11-27-19)13-4-6-14(21)7-5-13/h4-11H,3H2,1-2H3,(H,23,24)/b22-10-. The van der Waals surface area contributed by atoms with E-state index in [4.69, 9.17) is 9.47 Å². The van der Waals surface area contributed by atoms with Crippen LogP contribution in [0.5, 0.6) is 11.5 Å². The summed E-state index contributed by atoms with van der Waals surface area (Å²) in [7, 11) is 1.60. The number of nitrogens with zero attached hydrogens (tertiary/aromatic N) is 2. The minimum atomic E-state index is -0.269. The fourth-order valence-electron chi connectivity index (χ4n) is 2.36. The predicted octanol–water partition coefficient (Wildman–Crippen LogP) is 5.57. The van der Waals surface area contributed by atoms with Gasteiger partial charge in [-0.15, -0.1) is 11.3 Å². The van der Waals surface area contributed by atoms with Gasteiger partial charge in [0.05, 0.1) is 30.1 Å². The average molecular weight is 450 g/mol. The summed E-state index contributed by atoms with van der Waals surface area (Å²) in [6.07, 6.45) is 1.67. The monoisotopic (exact) mass is 449 g/mol. The van der Waals surface area contributed by atoms with Crippen molar-refractivity contribution in [2.24, 2.45) is 5.10 Å². The Bertz CT molecular complexity index is 945. The van der Waals surface area contributed by atoms with E-state index in [1.54, 1.807) is 25.5 Å². The summed E-state index contributed by atoms with van der Waals surface area (Å²) >= 11 is 4.90. The number of hydrazone groups is 1. The molecule has 0 spiro atoms. The number of ether oxygens (including phenoxy) is 2. The Morgan fingerprint density at radius 1 is 1.30 bits per heavy atom. The number of halogens is 2. The summed E-state index contributed by atoms with van der Waals surface area (Å²) in [5.74, 6) is 1.02. The molecule has 0 bridgehead atoms. The third-order valence-corrected chi connectivity index (χ3v) is 4.89. The summed E-state index contributed by atoms with van der Waals surface area (Å²) in [6, 6.07) is 9.96. The minimum Gasteiger partial charge on any atom is -0.492 e. The second kappa shape index (κ2) is 8.96. The smallest absolute Gasteiger partial charge is 0.203 e. The summed E-state index contributed by atoms with van der Waals surface area (Å²) in [4.78, 5) is 4.45. The highest BCUT2D eigenvalue weighted by Gasteiger charge is 2.10. The molecule has 3 aromatic rings. The summed E-state index contributed by atoms with van der Waals surface area (Å²) < 4.78 is 24.7. The second-order valence-corrected chi connectivity index (χ2v) is 7.09.